The highest BCUT2D eigenvalue weighted by atomic mass is 19.4. The number of nitro groups is 1. The minimum absolute atomic E-state index is 0.112. The lowest BCUT2D eigenvalue weighted by Gasteiger charge is -2.21. The van der Waals surface area contributed by atoms with Gasteiger partial charge in [0.05, 0.1) is 29.0 Å². The Morgan fingerprint density at radius 3 is 2.53 bits per heavy atom. The molecule has 2 aromatic carbocycles. The van der Waals surface area contributed by atoms with Gasteiger partial charge in [-0.1, -0.05) is 12.1 Å². The summed E-state index contributed by atoms with van der Waals surface area (Å²) < 4.78 is 50.1. The summed E-state index contributed by atoms with van der Waals surface area (Å²) in [5.41, 5.74) is -1.79. The molecule has 0 saturated heterocycles. The zero-order valence-electron chi connectivity index (χ0n) is 17.7. The Hall–Kier alpha value is -4.35. The zero-order chi connectivity index (χ0) is 24.9. The number of ether oxygens (including phenoxy) is 1. The fourth-order valence-corrected chi connectivity index (χ4v) is 2.98. The summed E-state index contributed by atoms with van der Waals surface area (Å²) in [6.45, 7) is -0.693. The summed E-state index contributed by atoms with van der Waals surface area (Å²) >= 11 is 0. The molecule has 0 radical (unpaired) electrons. The van der Waals surface area contributed by atoms with Crippen LogP contribution in [0.4, 0.5) is 24.5 Å². The van der Waals surface area contributed by atoms with Gasteiger partial charge >= 0.3 is 6.18 Å². The number of nitrogens with zero attached hydrogens (tertiary/aromatic N) is 2. The number of carbonyl (C=O) groups is 2. The molecule has 0 unspecified atom stereocenters. The quantitative estimate of drug-likeness (QED) is 0.385. The first-order valence-electron chi connectivity index (χ1n) is 9.72. The molecular weight excluding hydrogens is 459 g/mol. The lowest BCUT2D eigenvalue weighted by atomic mass is 10.1. The van der Waals surface area contributed by atoms with E-state index in [1.54, 1.807) is 24.3 Å². The summed E-state index contributed by atoms with van der Waals surface area (Å²) in [6.07, 6.45) is -3.48. The van der Waals surface area contributed by atoms with Gasteiger partial charge in [-0.3, -0.25) is 19.7 Å². The van der Waals surface area contributed by atoms with Crippen LogP contribution in [0.25, 0.3) is 0 Å². The van der Waals surface area contributed by atoms with Crippen LogP contribution in [0.5, 0.6) is 5.75 Å². The van der Waals surface area contributed by atoms with Crippen LogP contribution in [0, 0.1) is 10.1 Å². The number of nitrogens with one attached hydrogen (secondary N) is 1. The lowest BCUT2D eigenvalue weighted by Crippen LogP contribution is -2.34. The third-order valence-electron chi connectivity index (χ3n) is 4.72. The fraction of sp³-hybridized carbons (Fsp3) is 0.182. The van der Waals surface area contributed by atoms with E-state index < -0.39 is 46.5 Å². The van der Waals surface area contributed by atoms with Crippen molar-refractivity contribution < 1.29 is 36.8 Å². The first kappa shape index (κ1) is 24.3. The molecule has 0 bridgehead atoms. The number of benzene rings is 2. The Labute approximate surface area is 190 Å². The number of amides is 2. The van der Waals surface area contributed by atoms with Gasteiger partial charge in [-0.15, -0.1) is 0 Å². The summed E-state index contributed by atoms with van der Waals surface area (Å²) in [4.78, 5) is 36.2. The van der Waals surface area contributed by atoms with Crippen molar-refractivity contribution in [3.63, 3.8) is 0 Å². The van der Waals surface area contributed by atoms with Gasteiger partial charge in [0.25, 0.3) is 17.5 Å². The molecule has 1 aromatic heterocycles. The predicted molar refractivity (Wildman–Crippen MR) is 113 cm³/mol. The Morgan fingerprint density at radius 2 is 1.88 bits per heavy atom. The molecule has 3 rings (SSSR count). The SMILES string of the molecule is CN(C(=O)COc1ccc([N+](=O)[O-])cc1C(F)(F)F)c1ccccc1C(=O)NCc1ccco1. The standard InChI is InChI=1S/C22H18F3N3O6/c1-27(18-7-3-2-6-16(18)21(30)26-12-15-5-4-10-33-15)20(29)13-34-19-9-8-14(28(31)32)11-17(19)22(23,24)25/h2-11H,12-13H2,1H3,(H,26,30). The summed E-state index contributed by atoms with van der Waals surface area (Å²) in [5.74, 6) is -1.46. The number of hydrogen-bond donors (Lipinski definition) is 1. The van der Waals surface area contributed by atoms with Crippen LogP contribution in [0.15, 0.2) is 65.3 Å². The molecule has 1 heterocycles. The molecule has 0 fully saturated rings. The van der Waals surface area contributed by atoms with Crippen LogP contribution in [0.1, 0.15) is 21.7 Å². The second-order valence-corrected chi connectivity index (χ2v) is 6.96. The molecule has 2 amide bonds. The lowest BCUT2D eigenvalue weighted by molar-refractivity contribution is -0.385. The maximum Gasteiger partial charge on any atom is 0.420 e. The maximum absolute atomic E-state index is 13.3. The van der Waals surface area contributed by atoms with E-state index in [-0.39, 0.29) is 17.8 Å². The Balaban J connectivity index is 1.73. The molecule has 178 valence electrons. The minimum Gasteiger partial charge on any atom is -0.483 e. The van der Waals surface area contributed by atoms with Gasteiger partial charge in [-0.25, -0.2) is 0 Å². The van der Waals surface area contributed by atoms with Gasteiger partial charge in [-0.05, 0) is 30.3 Å². The van der Waals surface area contributed by atoms with E-state index in [1.807, 2.05) is 0 Å². The molecule has 0 atom stereocenters. The average Bonchev–Trinajstić information content (AvgIpc) is 3.33. The number of rotatable bonds is 8. The number of nitro benzene ring substituents is 1. The molecular formula is C22H18F3N3O6. The smallest absolute Gasteiger partial charge is 0.420 e. The largest absolute Gasteiger partial charge is 0.483 e. The van der Waals surface area contributed by atoms with Crippen molar-refractivity contribution in [2.45, 2.75) is 12.7 Å². The van der Waals surface area contributed by atoms with Crippen molar-refractivity contribution in [3.8, 4) is 5.75 Å². The number of non-ortho nitro benzene ring substituents is 1. The number of alkyl halides is 3. The van der Waals surface area contributed by atoms with Crippen molar-refractivity contribution in [1.82, 2.24) is 5.32 Å². The van der Waals surface area contributed by atoms with Gasteiger partial charge < -0.3 is 19.4 Å². The molecule has 34 heavy (non-hydrogen) atoms. The highest BCUT2D eigenvalue weighted by molar-refractivity contribution is 6.04. The van der Waals surface area contributed by atoms with Gasteiger partial charge in [0.2, 0.25) is 0 Å². The van der Waals surface area contributed by atoms with Crippen LogP contribution in [0.2, 0.25) is 0 Å². The van der Waals surface area contributed by atoms with Crippen molar-refractivity contribution >= 4 is 23.2 Å². The van der Waals surface area contributed by atoms with Crippen molar-refractivity contribution in [1.29, 1.82) is 0 Å². The van der Waals surface area contributed by atoms with E-state index in [4.69, 9.17) is 9.15 Å². The summed E-state index contributed by atoms with van der Waals surface area (Å²) in [7, 11) is 1.34. The van der Waals surface area contributed by atoms with E-state index >= 15 is 0 Å². The molecule has 3 aromatic rings. The van der Waals surface area contributed by atoms with Crippen LogP contribution in [-0.4, -0.2) is 30.4 Å². The summed E-state index contributed by atoms with van der Waals surface area (Å²) in [5, 5.41) is 13.5. The second-order valence-electron chi connectivity index (χ2n) is 6.96. The van der Waals surface area contributed by atoms with E-state index in [0.717, 1.165) is 17.0 Å². The van der Waals surface area contributed by atoms with Crippen LogP contribution in [-0.2, 0) is 17.5 Å². The fourth-order valence-electron chi connectivity index (χ4n) is 2.98. The molecule has 0 spiro atoms. The molecule has 9 nitrogen and oxygen atoms in total. The Morgan fingerprint density at radius 1 is 1.15 bits per heavy atom. The van der Waals surface area contributed by atoms with Crippen LogP contribution in [0.3, 0.4) is 0 Å². The predicted octanol–water partition coefficient (Wildman–Crippen LogP) is 4.18. The number of furan rings is 1. The normalized spacial score (nSPS) is 11.1. The van der Waals surface area contributed by atoms with Gasteiger partial charge in [0, 0.05) is 19.2 Å². The Kier molecular flexibility index (Phi) is 7.19. The first-order chi connectivity index (χ1) is 16.1. The molecule has 0 saturated carbocycles. The van der Waals surface area contributed by atoms with E-state index in [0.29, 0.717) is 11.8 Å². The number of halogens is 3. The Bertz CT molecular complexity index is 1190. The topological polar surface area (TPSA) is 115 Å². The third kappa shape index (κ3) is 5.71. The van der Waals surface area contributed by atoms with Crippen LogP contribution >= 0.6 is 0 Å². The number of likely N-dealkylation sites (N-methyl/N-ethyl adjacent to an activating group) is 1. The van der Waals surface area contributed by atoms with Crippen LogP contribution < -0.4 is 15.0 Å². The number of carbonyl (C=O) groups excluding carboxylic acids is 2. The average molecular weight is 477 g/mol. The highest BCUT2D eigenvalue weighted by Gasteiger charge is 2.36. The van der Waals surface area contributed by atoms with Crippen molar-refractivity contribution in [2.75, 3.05) is 18.6 Å². The first-order valence-corrected chi connectivity index (χ1v) is 9.72. The van der Waals surface area contributed by atoms with E-state index in [9.17, 15) is 32.9 Å². The monoisotopic (exact) mass is 477 g/mol. The molecule has 12 heteroatoms. The summed E-state index contributed by atoms with van der Waals surface area (Å²) in [6, 6.07) is 11.4. The molecule has 1 N–H and O–H groups in total. The molecule has 0 aliphatic carbocycles. The maximum atomic E-state index is 13.3. The third-order valence-corrected chi connectivity index (χ3v) is 4.72. The highest BCUT2D eigenvalue weighted by Crippen LogP contribution is 2.38. The van der Waals surface area contributed by atoms with Gasteiger partial charge in [0.1, 0.15) is 17.1 Å². The zero-order valence-corrected chi connectivity index (χ0v) is 17.7. The number of para-hydroxylation sites is 1. The number of anilines is 1. The van der Waals surface area contributed by atoms with E-state index in [2.05, 4.69) is 5.32 Å². The van der Waals surface area contributed by atoms with Crippen molar-refractivity contribution in [3.05, 3.63) is 87.9 Å². The van der Waals surface area contributed by atoms with Gasteiger partial charge in [0.15, 0.2) is 6.61 Å². The molecule has 0 aliphatic heterocycles. The van der Waals surface area contributed by atoms with E-state index in [1.165, 1.54) is 25.4 Å². The van der Waals surface area contributed by atoms with Gasteiger partial charge in [-0.2, -0.15) is 13.2 Å². The second kappa shape index (κ2) is 10.1. The van der Waals surface area contributed by atoms with Crippen molar-refractivity contribution in [2.24, 2.45) is 0 Å². The minimum atomic E-state index is -4.94. The molecule has 0 aliphatic rings. The number of hydrogen-bond acceptors (Lipinski definition) is 6.